The molecule has 6 heteroatoms. The first kappa shape index (κ1) is 15.6. The van der Waals surface area contributed by atoms with Crippen LogP contribution >= 0.6 is 0 Å². The molecule has 1 heterocycles. The molecule has 0 amide bonds. The molecular weight excluding hydrogens is 310 g/mol. The van der Waals surface area contributed by atoms with E-state index in [0.717, 1.165) is 6.08 Å². The van der Waals surface area contributed by atoms with Gasteiger partial charge in [0.1, 0.15) is 5.69 Å². The number of aromatic nitrogens is 1. The van der Waals surface area contributed by atoms with Gasteiger partial charge in [-0.05, 0) is 24.3 Å². The van der Waals surface area contributed by atoms with Gasteiger partial charge in [0.2, 0.25) is 11.6 Å². The Balaban J connectivity index is 2.06. The second kappa shape index (κ2) is 6.08. The fraction of sp³-hybridized carbons (Fsp3) is 0.111. The third kappa shape index (κ3) is 2.58. The number of rotatable bonds is 3. The van der Waals surface area contributed by atoms with Crippen LogP contribution in [0.3, 0.4) is 0 Å². The maximum absolute atomic E-state index is 12.2. The molecule has 1 aromatic heterocycles. The quantitative estimate of drug-likeness (QED) is 0.807. The van der Waals surface area contributed by atoms with E-state index in [4.69, 9.17) is 9.47 Å². The van der Waals surface area contributed by atoms with Gasteiger partial charge in [0, 0.05) is 11.6 Å². The van der Waals surface area contributed by atoms with E-state index >= 15 is 0 Å². The molecule has 2 aromatic rings. The molecule has 0 atom stereocenters. The number of methoxy groups -OCH3 is 2. The molecule has 0 saturated heterocycles. The molecule has 1 aromatic carbocycles. The van der Waals surface area contributed by atoms with Crippen LogP contribution in [0.5, 0.6) is 0 Å². The highest BCUT2D eigenvalue weighted by atomic mass is 16.5. The van der Waals surface area contributed by atoms with Crippen molar-refractivity contribution < 1.29 is 23.9 Å². The van der Waals surface area contributed by atoms with E-state index in [0.29, 0.717) is 16.8 Å². The Labute approximate surface area is 137 Å². The lowest BCUT2D eigenvalue weighted by Crippen LogP contribution is -2.19. The van der Waals surface area contributed by atoms with Crippen LogP contribution in [-0.2, 0) is 9.47 Å². The first-order valence-electron chi connectivity index (χ1n) is 7.09. The molecule has 0 N–H and O–H groups in total. The largest absolute Gasteiger partial charge is 0.492 e. The third-order valence-electron chi connectivity index (χ3n) is 3.66. The van der Waals surface area contributed by atoms with E-state index in [9.17, 15) is 14.4 Å². The zero-order chi connectivity index (χ0) is 17.3. The van der Waals surface area contributed by atoms with Crippen LogP contribution in [0.15, 0.2) is 48.2 Å². The molecule has 6 nitrogen and oxygen atoms in total. The van der Waals surface area contributed by atoms with Gasteiger partial charge in [0.05, 0.1) is 31.0 Å². The predicted molar refractivity (Wildman–Crippen MR) is 84.8 cm³/mol. The molecule has 1 aliphatic rings. The summed E-state index contributed by atoms with van der Waals surface area (Å²) in [6.07, 6.45) is 1.13. The van der Waals surface area contributed by atoms with Crippen LogP contribution < -0.4 is 0 Å². The molecule has 3 rings (SSSR count). The van der Waals surface area contributed by atoms with Crippen LogP contribution in [0.2, 0.25) is 0 Å². The first-order valence-corrected chi connectivity index (χ1v) is 7.09. The van der Waals surface area contributed by atoms with Crippen molar-refractivity contribution in [1.29, 1.82) is 0 Å². The van der Waals surface area contributed by atoms with Crippen molar-refractivity contribution in [3.63, 3.8) is 0 Å². The van der Waals surface area contributed by atoms with Gasteiger partial charge in [-0.15, -0.1) is 0 Å². The summed E-state index contributed by atoms with van der Waals surface area (Å²) in [6.45, 7) is 0. The van der Waals surface area contributed by atoms with Crippen molar-refractivity contribution in [3.05, 3.63) is 65.1 Å². The second-order valence-electron chi connectivity index (χ2n) is 5.07. The zero-order valence-electron chi connectivity index (χ0n) is 13.0. The fourth-order valence-electron chi connectivity index (χ4n) is 2.45. The number of allylic oxidation sites excluding steroid dienone is 2. The molecule has 0 radical (unpaired) electrons. The Morgan fingerprint density at radius 3 is 2.58 bits per heavy atom. The average Bonchev–Trinajstić information content (AvgIpc) is 2.63. The van der Waals surface area contributed by atoms with E-state index in [1.165, 1.54) is 20.3 Å². The number of hydrogen-bond donors (Lipinski definition) is 0. The number of nitrogens with zero attached hydrogens (tertiary/aromatic N) is 1. The summed E-state index contributed by atoms with van der Waals surface area (Å²) in [5.74, 6) is -1.25. The highest BCUT2D eigenvalue weighted by molar-refractivity contribution is 6.23. The molecule has 24 heavy (non-hydrogen) atoms. The lowest BCUT2D eigenvalue weighted by atomic mass is 9.97. The van der Waals surface area contributed by atoms with E-state index in [1.54, 1.807) is 30.3 Å². The Kier molecular flexibility index (Phi) is 3.95. The highest BCUT2D eigenvalue weighted by Gasteiger charge is 2.28. The molecular formula is C18H13NO5. The average molecular weight is 323 g/mol. The standard InChI is InChI=1S/C18H13NO5/c1-23-15-9-14(20)16-12(17(15)21)6-7-13(19-16)10-4-3-5-11(8-10)18(22)24-2/h3-9H,1-2H3. The maximum atomic E-state index is 12.2. The van der Waals surface area contributed by atoms with Crippen molar-refractivity contribution >= 4 is 17.5 Å². The van der Waals surface area contributed by atoms with Gasteiger partial charge < -0.3 is 9.47 Å². The third-order valence-corrected chi connectivity index (χ3v) is 3.66. The number of carbonyl (C=O) groups excluding carboxylic acids is 3. The van der Waals surface area contributed by atoms with Gasteiger partial charge in [0.15, 0.2) is 5.76 Å². The number of benzene rings is 1. The van der Waals surface area contributed by atoms with E-state index < -0.39 is 11.8 Å². The Bertz CT molecular complexity index is 898. The van der Waals surface area contributed by atoms with Crippen molar-refractivity contribution in [1.82, 2.24) is 4.98 Å². The predicted octanol–water partition coefficient (Wildman–Crippen LogP) is 2.44. The summed E-state index contributed by atoms with van der Waals surface area (Å²) in [5.41, 5.74) is 1.77. The van der Waals surface area contributed by atoms with Crippen LogP contribution in [0.4, 0.5) is 0 Å². The van der Waals surface area contributed by atoms with Crippen LogP contribution in [-0.4, -0.2) is 36.7 Å². The van der Waals surface area contributed by atoms with E-state index in [1.807, 2.05) is 0 Å². The summed E-state index contributed by atoms with van der Waals surface area (Å²) in [6, 6.07) is 9.85. The van der Waals surface area contributed by atoms with Gasteiger partial charge in [-0.1, -0.05) is 12.1 Å². The lowest BCUT2D eigenvalue weighted by Gasteiger charge is -2.14. The van der Waals surface area contributed by atoms with Crippen LogP contribution in [0, 0.1) is 0 Å². The maximum Gasteiger partial charge on any atom is 0.337 e. The van der Waals surface area contributed by atoms with Gasteiger partial charge in [-0.25, -0.2) is 9.78 Å². The SMILES string of the molecule is COC(=O)c1cccc(-c2ccc3c(n2)C(=O)C=C(OC)C3=O)c1. The first-order chi connectivity index (χ1) is 11.5. The highest BCUT2D eigenvalue weighted by Crippen LogP contribution is 2.25. The van der Waals surface area contributed by atoms with Gasteiger partial charge in [-0.2, -0.15) is 0 Å². The van der Waals surface area contributed by atoms with Gasteiger partial charge in [0.25, 0.3) is 0 Å². The van der Waals surface area contributed by atoms with Gasteiger partial charge >= 0.3 is 5.97 Å². The lowest BCUT2D eigenvalue weighted by molar-refractivity contribution is 0.0600. The summed E-state index contributed by atoms with van der Waals surface area (Å²) in [5, 5.41) is 0. The summed E-state index contributed by atoms with van der Waals surface area (Å²) < 4.78 is 9.60. The van der Waals surface area contributed by atoms with Crippen LogP contribution in [0.1, 0.15) is 31.2 Å². The van der Waals surface area contributed by atoms with E-state index in [-0.39, 0.29) is 22.8 Å². The molecule has 120 valence electrons. The molecule has 0 aliphatic heterocycles. The normalized spacial score (nSPS) is 13.2. The topological polar surface area (TPSA) is 82.6 Å². The summed E-state index contributed by atoms with van der Waals surface area (Å²) in [7, 11) is 2.64. The van der Waals surface area contributed by atoms with Crippen molar-refractivity contribution in [3.8, 4) is 11.3 Å². The van der Waals surface area contributed by atoms with Crippen molar-refractivity contribution in [2.45, 2.75) is 0 Å². The number of ether oxygens (including phenoxy) is 2. The number of ketones is 2. The molecule has 0 fully saturated rings. The molecule has 0 unspecified atom stereocenters. The second-order valence-corrected chi connectivity index (χ2v) is 5.07. The number of hydrogen-bond acceptors (Lipinski definition) is 6. The monoisotopic (exact) mass is 323 g/mol. The minimum absolute atomic E-state index is 0.00487. The number of carbonyl (C=O) groups is 3. The zero-order valence-corrected chi connectivity index (χ0v) is 13.0. The Morgan fingerprint density at radius 2 is 1.88 bits per heavy atom. The molecule has 0 bridgehead atoms. The van der Waals surface area contributed by atoms with Crippen molar-refractivity contribution in [2.75, 3.05) is 14.2 Å². The number of Topliss-reactive ketones (excluding diaryl/α,β-unsaturated/α-hetero) is 1. The molecule has 0 saturated carbocycles. The summed E-state index contributed by atoms with van der Waals surface area (Å²) in [4.78, 5) is 40.3. The summed E-state index contributed by atoms with van der Waals surface area (Å²) >= 11 is 0. The van der Waals surface area contributed by atoms with Gasteiger partial charge in [-0.3, -0.25) is 9.59 Å². The number of esters is 1. The Morgan fingerprint density at radius 1 is 1.08 bits per heavy atom. The number of pyridine rings is 1. The van der Waals surface area contributed by atoms with Crippen molar-refractivity contribution in [2.24, 2.45) is 0 Å². The minimum atomic E-state index is -0.464. The smallest absolute Gasteiger partial charge is 0.337 e. The number of fused-ring (bicyclic) bond motifs is 1. The molecule has 1 aliphatic carbocycles. The van der Waals surface area contributed by atoms with E-state index in [2.05, 4.69) is 4.98 Å². The fourth-order valence-corrected chi connectivity index (χ4v) is 2.45. The van der Waals surface area contributed by atoms with Crippen LogP contribution in [0.25, 0.3) is 11.3 Å². The Hall–Kier alpha value is -3.28. The molecule has 0 spiro atoms. The minimum Gasteiger partial charge on any atom is -0.492 e.